The molecule has 0 unspecified atom stereocenters. The summed E-state index contributed by atoms with van der Waals surface area (Å²) in [7, 11) is 0. The molecule has 2 aromatic carbocycles. The van der Waals surface area contributed by atoms with Gasteiger partial charge < -0.3 is 9.64 Å². The van der Waals surface area contributed by atoms with Gasteiger partial charge in [-0.25, -0.2) is 9.48 Å². The molecule has 1 aliphatic carbocycles. The predicted molar refractivity (Wildman–Crippen MR) is 115 cm³/mol. The first-order valence-corrected chi connectivity index (χ1v) is 10.2. The van der Waals surface area contributed by atoms with Crippen LogP contribution in [-0.4, -0.2) is 34.8 Å². The summed E-state index contributed by atoms with van der Waals surface area (Å²) in [5.74, 6) is -0.620. The molecule has 1 aromatic heterocycles. The molecule has 4 rings (SSSR count). The van der Waals surface area contributed by atoms with Gasteiger partial charge in [-0.1, -0.05) is 36.4 Å². The number of aromatic nitrogens is 2. The number of hydrogen-bond acceptors (Lipinski definition) is 5. The lowest BCUT2D eigenvalue weighted by Crippen LogP contribution is -2.35. The van der Waals surface area contributed by atoms with E-state index in [-0.39, 0.29) is 18.9 Å². The Hall–Kier alpha value is -3.92. The van der Waals surface area contributed by atoms with Crippen LogP contribution in [0.2, 0.25) is 0 Å². The number of anilines is 1. The third-order valence-electron chi connectivity index (χ3n) is 5.08. The molecule has 0 bridgehead atoms. The molecule has 1 saturated carbocycles. The Labute approximate surface area is 180 Å². The Bertz CT molecular complexity index is 1100. The molecule has 1 aliphatic rings. The predicted octanol–water partition coefficient (Wildman–Crippen LogP) is 3.85. The molecule has 1 fully saturated rings. The van der Waals surface area contributed by atoms with E-state index >= 15 is 0 Å². The first-order chi connectivity index (χ1) is 15.2. The lowest BCUT2D eigenvalue weighted by atomic mass is 10.2. The van der Waals surface area contributed by atoms with Gasteiger partial charge in [-0.15, -0.1) is 0 Å². The quantitative estimate of drug-likeness (QED) is 0.523. The van der Waals surface area contributed by atoms with Crippen LogP contribution in [0.5, 0.6) is 0 Å². The molecule has 0 N–H and O–H groups in total. The molecule has 7 heteroatoms. The van der Waals surface area contributed by atoms with Gasteiger partial charge in [0.1, 0.15) is 0 Å². The zero-order chi connectivity index (χ0) is 21.6. The fraction of sp³-hybridized carbons (Fsp3) is 0.250. The van der Waals surface area contributed by atoms with Gasteiger partial charge in [0.2, 0.25) is 0 Å². The van der Waals surface area contributed by atoms with E-state index in [1.165, 1.54) is 4.90 Å². The monoisotopic (exact) mass is 414 g/mol. The number of hydrogen-bond donors (Lipinski definition) is 0. The number of nitrogens with zero attached hydrogens (tertiary/aromatic N) is 4. The van der Waals surface area contributed by atoms with E-state index in [2.05, 4.69) is 5.10 Å². The molecular formula is C24H22N4O3. The number of nitriles is 1. The van der Waals surface area contributed by atoms with Crippen LogP contribution < -0.4 is 4.90 Å². The van der Waals surface area contributed by atoms with Gasteiger partial charge in [0.15, 0.2) is 12.3 Å². The summed E-state index contributed by atoms with van der Waals surface area (Å²) < 4.78 is 6.95. The smallest absolute Gasteiger partial charge is 0.357 e. The fourth-order valence-electron chi connectivity index (χ4n) is 3.34. The molecule has 0 radical (unpaired) electrons. The molecule has 0 saturated heterocycles. The zero-order valence-corrected chi connectivity index (χ0v) is 17.0. The first kappa shape index (κ1) is 20.4. The second kappa shape index (κ2) is 9.26. The highest BCUT2D eigenvalue weighted by Crippen LogP contribution is 2.39. The van der Waals surface area contributed by atoms with E-state index in [0.29, 0.717) is 17.3 Å². The SMILES string of the molecule is N#CCCN(C(=O)COC(=O)c1cc(C2CC2)nn1-c1ccccc1)c1ccccc1. The Kier molecular flexibility index (Phi) is 6.08. The van der Waals surface area contributed by atoms with Crippen molar-refractivity contribution in [1.82, 2.24) is 9.78 Å². The van der Waals surface area contributed by atoms with Crippen LogP contribution in [0.3, 0.4) is 0 Å². The van der Waals surface area contributed by atoms with Crippen LogP contribution >= 0.6 is 0 Å². The van der Waals surface area contributed by atoms with E-state index in [4.69, 9.17) is 10.00 Å². The third-order valence-corrected chi connectivity index (χ3v) is 5.08. The van der Waals surface area contributed by atoms with Crippen molar-refractivity contribution in [3.05, 3.63) is 78.1 Å². The molecule has 3 aromatic rings. The lowest BCUT2D eigenvalue weighted by molar-refractivity contribution is -0.121. The number of amides is 1. The Balaban J connectivity index is 1.50. The molecule has 1 heterocycles. The summed E-state index contributed by atoms with van der Waals surface area (Å²) in [6.07, 6.45) is 2.30. The topological polar surface area (TPSA) is 88.2 Å². The largest absolute Gasteiger partial charge is 0.451 e. The van der Waals surface area contributed by atoms with Crippen LogP contribution in [-0.2, 0) is 9.53 Å². The summed E-state index contributed by atoms with van der Waals surface area (Å²) >= 11 is 0. The van der Waals surface area contributed by atoms with Gasteiger partial charge in [-0.05, 0) is 43.2 Å². The van der Waals surface area contributed by atoms with Gasteiger partial charge in [-0.2, -0.15) is 10.4 Å². The highest BCUT2D eigenvalue weighted by molar-refractivity contribution is 5.97. The van der Waals surface area contributed by atoms with Crippen LogP contribution in [0.4, 0.5) is 5.69 Å². The van der Waals surface area contributed by atoms with E-state index in [9.17, 15) is 9.59 Å². The van der Waals surface area contributed by atoms with E-state index < -0.39 is 12.6 Å². The van der Waals surface area contributed by atoms with Crippen molar-refractivity contribution >= 4 is 17.6 Å². The number of carbonyl (C=O) groups is 2. The second-order valence-corrected chi connectivity index (χ2v) is 7.34. The minimum Gasteiger partial charge on any atom is -0.451 e. The van der Waals surface area contributed by atoms with E-state index in [1.54, 1.807) is 22.9 Å². The highest BCUT2D eigenvalue weighted by Gasteiger charge is 2.30. The van der Waals surface area contributed by atoms with Crippen LogP contribution in [0.1, 0.15) is 41.4 Å². The average molecular weight is 414 g/mol. The highest BCUT2D eigenvalue weighted by atomic mass is 16.5. The van der Waals surface area contributed by atoms with E-state index in [0.717, 1.165) is 24.2 Å². The van der Waals surface area contributed by atoms with Crippen molar-refractivity contribution in [1.29, 1.82) is 5.26 Å². The van der Waals surface area contributed by atoms with Crippen LogP contribution in [0, 0.1) is 11.3 Å². The minimum atomic E-state index is -0.607. The fourth-order valence-corrected chi connectivity index (χ4v) is 3.34. The van der Waals surface area contributed by atoms with Gasteiger partial charge in [0, 0.05) is 18.2 Å². The summed E-state index contributed by atoms with van der Waals surface area (Å²) in [6, 6.07) is 22.2. The molecule has 7 nitrogen and oxygen atoms in total. The van der Waals surface area contributed by atoms with Crippen molar-refractivity contribution in [3.63, 3.8) is 0 Å². The van der Waals surface area contributed by atoms with Gasteiger partial charge in [0.05, 0.1) is 23.9 Å². The number of ether oxygens (including phenoxy) is 1. The Morgan fingerprint density at radius 3 is 2.42 bits per heavy atom. The van der Waals surface area contributed by atoms with Gasteiger partial charge in [0.25, 0.3) is 5.91 Å². The van der Waals surface area contributed by atoms with Gasteiger partial charge in [-0.3, -0.25) is 4.79 Å². The molecule has 1 amide bonds. The molecule has 31 heavy (non-hydrogen) atoms. The van der Waals surface area contributed by atoms with Crippen molar-refractivity contribution in [2.75, 3.05) is 18.1 Å². The summed E-state index contributed by atoms with van der Waals surface area (Å²) in [4.78, 5) is 27.1. The minimum absolute atomic E-state index is 0.181. The van der Waals surface area contributed by atoms with Crippen LogP contribution in [0.15, 0.2) is 66.7 Å². The number of rotatable bonds is 8. The lowest BCUT2D eigenvalue weighted by Gasteiger charge is -2.21. The molecule has 0 spiro atoms. The molecule has 0 aliphatic heterocycles. The van der Waals surface area contributed by atoms with Gasteiger partial charge >= 0.3 is 5.97 Å². The standard InChI is InChI=1S/C24H22N4O3/c25-14-7-15-27(19-8-3-1-4-9-19)23(29)17-31-24(30)22-16-21(18-12-13-18)26-28(22)20-10-5-2-6-11-20/h1-6,8-11,16,18H,7,12-13,15,17H2. The number of para-hydroxylation sites is 2. The van der Waals surface area contributed by atoms with E-state index in [1.807, 2.05) is 54.6 Å². The summed E-state index contributed by atoms with van der Waals surface area (Å²) in [5, 5.41) is 13.5. The third kappa shape index (κ3) is 4.81. The van der Waals surface area contributed by atoms with Crippen molar-refractivity contribution in [3.8, 4) is 11.8 Å². The zero-order valence-electron chi connectivity index (χ0n) is 17.0. The number of benzene rings is 2. The second-order valence-electron chi connectivity index (χ2n) is 7.34. The average Bonchev–Trinajstić information content (AvgIpc) is 3.57. The summed E-state index contributed by atoms with van der Waals surface area (Å²) in [5.41, 5.74) is 2.57. The maximum Gasteiger partial charge on any atom is 0.357 e. The normalized spacial score (nSPS) is 12.7. The molecular weight excluding hydrogens is 392 g/mol. The first-order valence-electron chi connectivity index (χ1n) is 10.2. The van der Waals surface area contributed by atoms with Crippen molar-refractivity contribution < 1.29 is 14.3 Å². The molecule has 156 valence electrons. The Morgan fingerprint density at radius 2 is 1.77 bits per heavy atom. The van der Waals surface area contributed by atoms with Crippen molar-refractivity contribution in [2.45, 2.75) is 25.2 Å². The molecule has 0 atom stereocenters. The number of carbonyl (C=O) groups excluding carboxylic acids is 2. The maximum atomic E-state index is 12.9. The summed E-state index contributed by atoms with van der Waals surface area (Å²) in [6.45, 7) is -0.192. The van der Waals surface area contributed by atoms with Crippen molar-refractivity contribution in [2.24, 2.45) is 0 Å². The van der Waals surface area contributed by atoms with Crippen LogP contribution in [0.25, 0.3) is 5.69 Å². The number of esters is 1. The maximum absolute atomic E-state index is 12.9. The Morgan fingerprint density at radius 1 is 1.10 bits per heavy atom.